The van der Waals surface area contributed by atoms with Crippen LogP contribution in [-0.2, 0) is 12.8 Å². The molecular formula is C42H26N2. The molecule has 0 heterocycles. The van der Waals surface area contributed by atoms with Crippen LogP contribution in [0.5, 0.6) is 0 Å². The summed E-state index contributed by atoms with van der Waals surface area (Å²) in [5.41, 5.74) is 16.3. The molecule has 0 aromatic heterocycles. The third-order valence-electron chi connectivity index (χ3n) is 8.31. The fraction of sp³-hybridized carbons (Fsp3) is 0.0476. The Hall–Kier alpha value is -5.96. The zero-order valence-electron chi connectivity index (χ0n) is 24.0. The molecule has 0 N–H and O–H groups in total. The zero-order chi connectivity index (χ0) is 29.3. The summed E-state index contributed by atoms with van der Waals surface area (Å²) in [4.78, 5) is 0. The van der Waals surface area contributed by atoms with Gasteiger partial charge in [-0.1, -0.05) is 84.3 Å². The first kappa shape index (κ1) is 25.7. The summed E-state index contributed by atoms with van der Waals surface area (Å²) in [6.07, 6.45) is 1.95. The molecule has 0 spiro atoms. The molecule has 0 amide bonds. The highest BCUT2D eigenvalue weighted by Gasteiger charge is 2.18. The lowest BCUT2D eigenvalue weighted by molar-refractivity contribution is 1.23. The Morgan fingerprint density at radius 3 is 1.16 bits per heavy atom. The Kier molecular flexibility index (Phi) is 6.45. The van der Waals surface area contributed by atoms with Gasteiger partial charge in [0.05, 0.1) is 11.4 Å². The number of hydrogen-bond acceptors (Lipinski definition) is 2. The Balaban J connectivity index is 0.901. The summed E-state index contributed by atoms with van der Waals surface area (Å²) >= 11 is 0. The maximum atomic E-state index is 4.41. The van der Waals surface area contributed by atoms with E-state index >= 15 is 0 Å². The van der Waals surface area contributed by atoms with E-state index in [0.717, 1.165) is 46.5 Å². The van der Waals surface area contributed by atoms with Crippen LogP contribution in [0.2, 0.25) is 0 Å². The van der Waals surface area contributed by atoms with E-state index in [1.165, 1.54) is 44.5 Å². The Morgan fingerprint density at radius 2 is 0.705 bits per heavy atom. The lowest BCUT2D eigenvalue weighted by atomic mass is 10.0. The summed E-state index contributed by atoms with van der Waals surface area (Å²) < 4.78 is 0. The SMILES string of the molecule is C(#Cc1ccc2c(c1)Cc1ccccc1-2)c1ccc(N=Nc2ccc(C#Cc3ccc4c(c3)Cc3ccccc3-4)cc2)cc1. The van der Waals surface area contributed by atoms with Gasteiger partial charge in [0.2, 0.25) is 0 Å². The van der Waals surface area contributed by atoms with Gasteiger partial charge in [-0.05, 0) is 130 Å². The van der Waals surface area contributed by atoms with Crippen molar-refractivity contribution >= 4 is 11.4 Å². The van der Waals surface area contributed by atoms with Gasteiger partial charge in [0.15, 0.2) is 0 Å². The molecule has 0 saturated heterocycles. The Morgan fingerprint density at radius 1 is 0.341 bits per heavy atom. The van der Waals surface area contributed by atoms with Gasteiger partial charge in [-0.25, -0.2) is 0 Å². The van der Waals surface area contributed by atoms with Gasteiger partial charge in [-0.15, -0.1) is 0 Å². The van der Waals surface area contributed by atoms with Crippen LogP contribution in [-0.4, -0.2) is 0 Å². The predicted molar refractivity (Wildman–Crippen MR) is 178 cm³/mol. The highest BCUT2D eigenvalue weighted by Crippen LogP contribution is 2.37. The lowest BCUT2D eigenvalue weighted by Gasteiger charge is -2.01. The quantitative estimate of drug-likeness (QED) is 0.149. The molecule has 2 aliphatic carbocycles. The minimum absolute atomic E-state index is 0.786. The molecule has 0 radical (unpaired) electrons. The molecular weight excluding hydrogens is 532 g/mol. The fourth-order valence-electron chi connectivity index (χ4n) is 6.07. The average Bonchev–Trinajstić information content (AvgIpc) is 3.64. The summed E-state index contributed by atoms with van der Waals surface area (Å²) in [5.74, 6) is 13.2. The molecule has 0 fully saturated rings. The van der Waals surface area contributed by atoms with Gasteiger partial charge in [0.1, 0.15) is 0 Å². The van der Waals surface area contributed by atoms with Crippen LogP contribution in [0.25, 0.3) is 22.3 Å². The molecule has 0 aliphatic heterocycles. The third kappa shape index (κ3) is 5.11. The summed E-state index contributed by atoms with van der Waals surface area (Å²) in [6, 6.07) is 46.0. The zero-order valence-corrected chi connectivity index (χ0v) is 24.0. The minimum Gasteiger partial charge on any atom is -0.151 e. The third-order valence-corrected chi connectivity index (χ3v) is 8.31. The van der Waals surface area contributed by atoms with E-state index in [9.17, 15) is 0 Å². The van der Waals surface area contributed by atoms with Crippen LogP contribution in [0.4, 0.5) is 11.4 Å². The predicted octanol–water partition coefficient (Wildman–Crippen LogP) is 10.0. The van der Waals surface area contributed by atoms with E-state index in [2.05, 4.69) is 119 Å². The number of azo groups is 1. The van der Waals surface area contributed by atoms with Crippen molar-refractivity contribution in [2.75, 3.05) is 0 Å². The van der Waals surface area contributed by atoms with Gasteiger partial charge in [0.25, 0.3) is 0 Å². The largest absolute Gasteiger partial charge is 0.151 e. The number of rotatable bonds is 2. The van der Waals surface area contributed by atoms with Crippen LogP contribution < -0.4 is 0 Å². The first-order valence-electron chi connectivity index (χ1n) is 14.8. The summed E-state index contributed by atoms with van der Waals surface area (Å²) in [5, 5.41) is 8.82. The first-order valence-corrected chi connectivity index (χ1v) is 14.8. The van der Waals surface area contributed by atoms with Crippen LogP contribution in [0.3, 0.4) is 0 Å². The number of benzene rings is 6. The molecule has 6 aromatic rings. The molecule has 0 atom stereocenters. The van der Waals surface area contributed by atoms with Crippen molar-refractivity contribution in [2.45, 2.75) is 12.8 Å². The first-order chi connectivity index (χ1) is 21.7. The van der Waals surface area contributed by atoms with E-state index in [1.807, 2.05) is 48.5 Å². The minimum atomic E-state index is 0.786. The fourth-order valence-corrected chi connectivity index (χ4v) is 6.07. The average molecular weight is 559 g/mol. The molecule has 2 nitrogen and oxygen atoms in total. The van der Waals surface area contributed by atoms with E-state index < -0.39 is 0 Å². The normalized spacial score (nSPS) is 11.9. The Labute approximate surface area is 257 Å². The van der Waals surface area contributed by atoms with Crippen LogP contribution in [0.1, 0.15) is 44.5 Å². The number of fused-ring (bicyclic) bond motifs is 6. The maximum absolute atomic E-state index is 4.41. The molecule has 8 rings (SSSR count). The maximum Gasteiger partial charge on any atom is 0.0857 e. The lowest BCUT2D eigenvalue weighted by Crippen LogP contribution is -1.83. The highest BCUT2D eigenvalue weighted by atomic mass is 15.1. The monoisotopic (exact) mass is 558 g/mol. The van der Waals surface area contributed by atoms with Gasteiger partial charge in [0, 0.05) is 22.3 Å². The van der Waals surface area contributed by atoms with Crippen molar-refractivity contribution in [1.82, 2.24) is 0 Å². The molecule has 6 aromatic carbocycles. The van der Waals surface area contributed by atoms with Crippen molar-refractivity contribution in [3.63, 3.8) is 0 Å². The van der Waals surface area contributed by atoms with Gasteiger partial charge < -0.3 is 0 Å². The molecule has 44 heavy (non-hydrogen) atoms. The summed E-state index contributed by atoms with van der Waals surface area (Å²) in [6.45, 7) is 0. The second-order valence-corrected chi connectivity index (χ2v) is 11.2. The number of nitrogens with zero attached hydrogens (tertiary/aromatic N) is 2. The van der Waals surface area contributed by atoms with Crippen LogP contribution >= 0.6 is 0 Å². The van der Waals surface area contributed by atoms with Gasteiger partial charge in [-0.2, -0.15) is 10.2 Å². The van der Waals surface area contributed by atoms with E-state index in [4.69, 9.17) is 0 Å². The van der Waals surface area contributed by atoms with E-state index in [0.29, 0.717) is 0 Å². The van der Waals surface area contributed by atoms with Crippen LogP contribution in [0.15, 0.2) is 144 Å². The van der Waals surface area contributed by atoms with E-state index in [1.54, 1.807) is 0 Å². The molecule has 2 heteroatoms. The highest BCUT2D eigenvalue weighted by molar-refractivity contribution is 5.78. The standard InChI is InChI=1S/C42H26N2/c1-3-7-39-33(5-1)27-35-25-31(17-23-41(35)39)11-9-29-13-19-37(20-14-29)43-44-38-21-15-30(16-22-38)10-12-32-18-24-42-36(26-32)28-34-6-2-4-8-40(34)42/h1-8,13-26H,27-28H2. The van der Waals surface area contributed by atoms with Gasteiger partial charge in [-0.3, -0.25) is 0 Å². The van der Waals surface area contributed by atoms with E-state index in [-0.39, 0.29) is 0 Å². The molecule has 0 unspecified atom stereocenters. The van der Waals surface area contributed by atoms with Crippen molar-refractivity contribution < 1.29 is 0 Å². The summed E-state index contributed by atoms with van der Waals surface area (Å²) in [7, 11) is 0. The molecule has 204 valence electrons. The van der Waals surface area contributed by atoms with Gasteiger partial charge >= 0.3 is 0 Å². The smallest absolute Gasteiger partial charge is 0.0857 e. The molecule has 2 aliphatic rings. The second kappa shape index (κ2) is 11.0. The molecule has 0 saturated carbocycles. The van der Waals surface area contributed by atoms with Crippen molar-refractivity contribution in [1.29, 1.82) is 0 Å². The van der Waals surface area contributed by atoms with Crippen molar-refractivity contribution in [3.05, 3.63) is 178 Å². The van der Waals surface area contributed by atoms with Crippen LogP contribution in [0, 0.1) is 23.7 Å². The van der Waals surface area contributed by atoms with Crippen molar-refractivity contribution in [3.8, 4) is 45.9 Å². The van der Waals surface area contributed by atoms with Crippen molar-refractivity contribution in [2.24, 2.45) is 10.2 Å². The second-order valence-electron chi connectivity index (χ2n) is 11.2. The molecule has 0 bridgehead atoms. The number of hydrogen-bond donors (Lipinski definition) is 0. The topological polar surface area (TPSA) is 24.7 Å². The Bertz CT molecular complexity index is 2050.